The van der Waals surface area contributed by atoms with Gasteiger partial charge in [-0.3, -0.25) is 0 Å². The Morgan fingerprint density at radius 3 is 2.83 bits per heavy atom. The molecule has 12 heavy (non-hydrogen) atoms. The number of hydrogen-bond donors (Lipinski definition) is 1. The summed E-state index contributed by atoms with van der Waals surface area (Å²) in [5.41, 5.74) is 1.16. The SMILES string of the molecule is CNC(=S)Oc1cccc(C)c1. The van der Waals surface area contributed by atoms with Gasteiger partial charge in [0.15, 0.2) is 0 Å². The number of aryl methyl sites for hydroxylation is 1. The van der Waals surface area contributed by atoms with Crippen LogP contribution in [-0.4, -0.2) is 12.2 Å². The fourth-order valence-corrected chi connectivity index (χ4v) is 0.933. The summed E-state index contributed by atoms with van der Waals surface area (Å²) >= 11 is 4.85. The molecule has 0 heterocycles. The Balaban J connectivity index is 2.69. The second-order valence-electron chi connectivity index (χ2n) is 2.46. The van der Waals surface area contributed by atoms with Crippen molar-refractivity contribution in [3.05, 3.63) is 29.8 Å². The second-order valence-corrected chi connectivity index (χ2v) is 2.83. The summed E-state index contributed by atoms with van der Waals surface area (Å²) in [6.45, 7) is 2.01. The van der Waals surface area contributed by atoms with Crippen LogP contribution in [-0.2, 0) is 0 Å². The minimum absolute atomic E-state index is 0.389. The van der Waals surface area contributed by atoms with E-state index in [0.29, 0.717) is 5.17 Å². The van der Waals surface area contributed by atoms with Crippen LogP contribution in [0.2, 0.25) is 0 Å². The second kappa shape index (κ2) is 4.07. The van der Waals surface area contributed by atoms with E-state index in [4.69, 9.17) is 17.0 Å². The van der Waals surface area contributed by atoms with Gasteiger partial charge in [0.2, 0.25) is 0 Å². The maximum atomic E-state index is 5.26. The maximum Gasteiger partial charge on any atom is 0.261 e. The van der Waals surface area contributed by atoms with Crippen LogP contribution in [0, 0.1) is 6.92 Å². The highest BCUT2D eigenvalue weighted by Gasteiger charge is 1.96. The van der Waals surface area contributed by atoms with Gasteiger partial charge < -0.3 is 10.1 Å². The van der Waals surface area contributed by atoms with Crippen molar-refractivity contribution in [3.63, 3.8) is 0 Å². The molecule has 0 aliphatic heterocycles. The number of nitrogens with one attached hydrogen (secondary N) is 1. The van der Waals surface area contributed by atoms with Crippen LogP contribution in [0.1, 0.15) is 5.56 Å². The van der Waals surface area contributed by atoms with E-state index in [1.165, 1.54) is 0 Å². The highest BCUT2D eigenvalue weighted by molar-refractivity contribution is 7.80. The van der Waals surface area contributed by atoms with Crippen molar-refractivity contribution >= 4 is 17.4 Å². The van der Waals surface area contributed by atoms with Crippen LogP contribution in [0.3, 0.4) is 0 Å². The summed E-state index contributed by atoms with van der Waals surface area (Å²) < 4.78 is 5.26. The van der Waals surface area contributed by atoms with Crippen LogP contribution in [0.15, 0.2) is 24.3 Å². The zero-order valence-electron chi connectivity index (χ0n) is 7.13. The van der Waals surface area contributed by atoms with Crippen LogP contribution >= 0.6 is 12.2 Å². The molecule has 1 aromatic carbocycles. The maximum absolute atomic E-state index is 5.26. The minimum Gasteiger partial charge on any atom is -0.432 e. The smallest absolute Gasteiger partial charge is 0.261 e. The summed E-state index contributed by atoms with van der Waals surface area (Å²) in [5.74, 6) is 0.773. The van der Waals surface area contributed by atoms with Gasteiger partial charge in [0, 0.05) is 7.05 Å². The molecule has 0 amide bonds. The minimum atomic E-state index is 0.389. The Labute approximate surface area is 77.5 Å². The molecule has 1 N–H and O–H groups in total. The van der Waals surface area contributed by atoms with E-state index < -0.39 is 0 Å². The lowest BCUT2D eigenvalue weighted by Crippen LogP contribution is -2.21. The van der Waals surface area contributed by atoms with Crippen molar-refractivity contribution in [2.24, 2.45) is 0 Å². The van der Waals surface area contributed by atoms with Gasteiger partial charge in [0.1, 0.15) is 5.75 Å². The first kappa shape index (κ1) is 9.00. The van der Waals surface area contributed by atoms with E-state index in [9.17, 15) is 0 Å². The summed E-state index contributed by atoms with van der Waals surface area (Å²) in [7, 11) is 1.73. The first-order valence-corrected chi connectivity index (χ1v) is 4.09. The number of thiocarbonyl (C=S) groups is 1. The van der Waals surface area contributed by atoms with Crippen molar-refractivity contribution in [1.29, 1.82) is 0 Å². The predicted molar refractivity (Wildman–Crippen MR) is 53.5 cm³/mol. The molecule has 1 rings (SSSR count). The van der Waals surface area contributed by atoms with E-state index >= 15 is 0 Å². The topological polar surface area (TPSA) is 21.3 Å². The van der Waals surface area contributed by atoms with E-state index in [1.54, 1.807) is 7.05 Å². The highest BCUT2D eigenvalue weighted by atomic mass is 32.1. The Morgan fingerprint density at radius 2 is 2.25 bits per heavy atom. The van der Waals surface area contributed by atoms with Gasteiger partial charge in [-0.15, -0.1) is 0 Å². The third-order valence-corrected chi connectivity index (χ3v) is 1.69. The molecule has 0 spiro atoms. The lowest BCUT2D eigenvalue weighted by atomic mass is 10.2. The van der Waals surface area contributed by atoms with Gasteiger partial charge in [0.05, 0.1) is 0 Å². The van der Waals surface area contributed by atoms with Crippen LogP contribution < -0.4 is 10.1 Å². The molecular weight excluding hydrogens is 170 g/mol. The quantitative estimate of drug-likeness (QED) is 0.668. The van der Waals surface area contributed by atoms with Gasteiger partial charge in [-0.1, -0.05) is 12.1 Å². The van der Waals surface area contributed by atoms with Gasteiger partial charge in [-0.05, 0) is 36.8 Å². The molecule has 3 heteroatoms. The molecule has 0 bridgehead atoms. The summed E-state index contributed by atoms with van der Waals surface area (Å²) in [6.07, 6.45) is 0. The molecule has 0 saturated carbocycles. The zero-order chi connectivity index (χ0) is 8.97. The van der Waals surface area contributed by atoms with Crippen LogP contribution in [0.5, 0.6) is 5.75 Å². The third-order valence-electron chi connectivity index (χ3n) is 1.40. The monoisotopic (exact) mass is 181 g/mol. The van der Waals surface area contributed by atoms with Gasteiger partial charge in [-0.25, -0.2) is 0 Å². The fraction of sp³-hybridized carbons (Fsp3) is 0.222. The lowest BCUT2D eigenvalue weighted by molar-refractivity contribution is 0.541. The molecule has 0 atom stereocenters. The summed E-state index contributed by atoms with van der Waals surface area (Å²) in [4.78, 5) is 0. The Bertz CT molecular complexity index is 286. The Hall–Kier alpha value is -1.09. The molecule has 0 aliphatic carbocycles. The number of ether oxygens (including phenoxy) is 1. The molecule has 0 saturated heterocycles. The normalized spacial score (nSPS) is 9.17. The molecular formula is C9H11NOS. The average Bonchev–Trinajstić information content (AvgIpc) is 2.04. The van der Waals surface area contributed by atoms with Crippen LogP contribution in [0.4, 0.5) is 0 Å². The Kier molecular flexibility index (Phi) is 3.05. The molecule has 0 aliphatic rings. The van der Waals surface area contributed by atoms with Crippen molar-refractivity contribution < 1.29 is 4.74 Å². The lowest BCUT2D eigenvalue weighted by Gasteiger charge is -2.05. The van der Waals surface area contributed by atoms with Gasteiger partial charge in [0.25, 0.3) is 5.17 Å². The molecule has 1 aromatic rings. The fourth-order valence-electron chi connectivity index (χ4n) is 0.837. The number of rotatable bonds is 1. The zero-order valence-corrected chi connectivity index (χ0v) is 7.94. The Morgan fingerprint density at radius 1 is 1.50 bits per heavy atom. The van der Waals surface area contributed by atoms with Gasteiger partial charge in [-0.2, -0.15) is 0 Å². The van der Waals surface area contributed by atoms with Crippen molar-refractivity contribution in [2.75, 3.05) is 7.05 Å². The van der Waals surface area contributed by atoms with Crippen LogP contribution in [0.25, 0.3) is 0 Å². The summed E-state index contributed by atoms with van der Waals surface area (Å²) in [5, 5.41) is 3.13. The van der Waals surface area contributed by atoms with E-state index in [-0.39, 0.29) is 0 Å². The largest absolute Gasteiger partial charge is 0.432 e. The van der Waals surface area contributed by atoms with Crippen molar-refractivity contribution in [3.8, 4) is 5.75 Å². The molecule has 0 aromatic heterocycles. The van der Waals surface area contributed by atoms with Crippen molar-refractivity contribution in [2.45, 2.75) is 6.92 Å². The molecule has 0 unspecified atom stereocenters. The summed E-state index contributed by atoms with van der Waals surface area (Å²) in [6, 6.07) is 7.75. The number of hydrogen-bond acceptors (Lipinski definition) is 2. The van der Waals surface area contributed by atoms with E-state index in [0.717, 1.165) is 11.3 Å². The highest BCUT2D eigenvalue weighted by Crippen LogP contribution is 2.11. The number of benzene rings is 1. The predicted octanol–water partition coefficient (Wildman–Crippen LogP) is 1.88. The molecule has 0 radical (unpaired) electrons. The molecule has 64 valence electrons. The standard InChI is InChI=1S/C9H11NOS/c1-7-4-3-5-8(6-7)11-9(12)10-2/h3-6H,1-2H3,(H,10,12). The first-order chi connectivity index (χ1) is 5.72. The average molecular weight is 181 g/mol. The molecule has 0 fully saturated rings. The van der Waals surface area contributed by atoms with E-state index in [2.05, 4.69) is 5.32 Å². The molecule has 2 nitrogen and oxygen atoms in total. The third kappa shape index (κ3) is 2.51. The van der Waals surface area contributed by atoms with Gasteiger partial charge >= 0.3 is 0 Å². The first-order valence-electron chi connectivity index (χ1n) is 3.68. The van der Waals surface area contributed by atoms with Crippen molar-refractivity contribution in [1.82, 2.24) is 5.32 Å². The van der Waals surface area contributed by atoms with E-state index in [1.807, 2.05) is 31.2 Å².